The number of amides is 3. The van der Waals surface area contributed by atoms with E-state index in [0.29, 0.717) is 51.1 Å². The first-order chi connectivity index (χ1) is 12.7. The van der Waals surface area contributed by atoms with Gasteiger partial charge in [0.2, 0.25) is 0 Å². The normalized spacial score (nSPS) is 22.2. The number of hydrogen-bond donors (Lipinski definition) is 1. The fraction of sp³-hybridized carbons (Fsp3) is 0.765. The summed E-state index contributed by atoms with van der Waals surface area (Å²) in [5.41, 5.74) is 0.358. The fourth-order valence-electron chi connectivity index (χ4n) is 3.78. The molecule has 1 N–H and O–H groups in total. The zero-order chi connectivity index (χ0) is 17.9. The number of nitrogens with zero attached hydrogens (tertiary/aromatic N) is 5. The molecule has 3 heterocycles. The van der Waals surface area contributed by atoms with Gasteiger partial charge in [-0.2, -0.15) is 0 Å². The van der Waals surface area contributed by atoms with Crippen LogP contribution in [0.2, 0.25) is 0 Å². The van der Waals surface area contributed by atoms with Gasteiger partial charge < -0.3 is 19.9 Å². The van der Waals surface area contributed by atoms with Gasteiger partial charge in [-0.3, -0.25) is 4.79 Å². The first-order valence-corrected chi connectivity index (χ1v) is 9.55. The lowest BCUT2D eigenvalue weighted by atomic mass is 9.95. The van der Waals surface area contributed by atoms with Gasteiger partial charge in [0.1, 0.15) is 0 Å². The topological polar surface area (TPSA) is 92.6 Å². The molecule has 1 aliphatic carbocycles. The number of carbonyl (C=O) groups excluding carboxylic acids is 2. The fourth-order valence-corrected chi connectivity index (χ4v) is 3.78. The van der Waals surface area contributed by atoms with Crippen molar-refractivity contribution in [2.45, 2.75) is 44.2 Å². The Kier molecular flexibility index (Phi) is 5.05. The van der Waals surface area contributed by atoms with E-state index >= 15 is 0 Å². The molecule has 0 atom stereocenters. The minimum atomic E-state index is -0.106. The van der Waals surface area contributed by atoms with Gasteiger partial charge in [-0.25, -0.2) is 9.48 Å². The molecule has 0 radical (unpaired) electrons. The van der Waals surface area contributed by atoms with Crippen LogP contribution in [0.4, 0.5) is 4.79 Å². The van der Waals surface area contributed by atoms with Gasteiger partial charge in [0, 0.05) is 32.2 Å². The van der Waals surface area contributed by atoms with Gasteiger partial charge in [-0.1, -0.05) is 24.5 Å². The molecule has 4 rings (SSSR count). The van der Waals surface area contributed by atoms with Crippen LogP contribution in [0.25, 0.3) is 0 Å². The molecule has 1 saturated carbocycles. The molecular weight excluding hydrogens is 336 g/mol. The van der Waals surface area contributed by atoms with Crippen molar-refractivity contribution < 1.29 is 14.3 Å². The lowest BCUT2D eigenvalue weighted by Crippen LogP contribution is -2.56. The molecule has 3 fully saturated rings. The van der Waals surface area contributed by atoms with Gasteiger partial charge in [-0.05, 0) is 12.8 Å². The number of nitrogens with one attached hydrogen (secondary N) is 1. The third-order valence-electron chi connectivity index (χ3n) is 5.48. The number of ether oxygens (including phenoxy) is 1. The summed E-state index contributed by atoms with van der Waals surface area (Å²) in [5.74, 6) is -0.106. The average Bonchev–Trinajstić information content (AvgIpc) is 3.11. The van der Waals surface area contributed by atoms with Crippen LogP contribution in [0.1, 0.15) is 48.6 Å². The van der Waals surface area contributed by atoms with E-state index in [1.807, 2.05) is 0 Å². The average molecular weight is 362 g/mol. The molecule has 0 spiro atoms. The predicted octanol–water partition coefficient (Wildman–Crippen LogP) is 0.650. The quantitative estimate of drug-likeness (QED) is 0.852. The Labute approximate surface area is 152 Å². The van der Waals surface area contributed by atoms with Crippen molar-refractivity contribution >= 4 is 11.9 Å². The second kappa shape index (κ2) is 7.61. The van der Waals surface area contributed by atoms with Gasteiger partial charge >= 0.3 is 6.03 Å². The summed E-state index contributed by atoms with van der Waals surface area (Å²) in [5, 5.41) is 11.2. The lowest BCUT2D eigenvalue weighted by Gasteiger charge is -2.39. The van der Waals surface area contributed by atoms with Gasteiger partial charge in [-0.15, -0.1) is 5.10 Å². The van der Waals surface area contributed by atoms with Crippen LogP contribution in [0.5, 0.6) is 0 Å². The zero-order valence-electron chi connectivity index (χ0n) is 15.0. The van der Waals surface area contributed by atoms with E-state index in [9.17, 15) is 9.59 Å². The van der Waals surface area contributed by atoms with Crippen LogP contribution in [-0.2, 0) is 4.74 Å². The predicted molar refractivity (Wildman–Crippen MR) is 92.8 cm³/mol. The molecule has 3 amide bonds. The Morgan fingerprint density at radius 1 is 1.08 bits per heavy atom. The van der Waals surface area contributed by atoms with E-state index in [4.69, 9.17) is 4.74 Å². The largest absolute Gasteiger partial charge is 0.378 e. The summed E-state index contributed by atoms with van der Waals surface area (Å²) in [6.45, 7) is 3.51. The summed E-state index contributed by atoms with van der Waals surface area (Å²) in [7, 11) is 0. The monoisotopic (exact) mass is 362 g/mol. The lowest BCUT2D eigenvalue weighted by molar-refractivity contribution is 0.0299. The second-order valence-corrected chi connectivity index (χ2v) is 7.33. The highest BCUT2D eigenvalue weighted by Crippen LogP contribution is 2.22. The van der Waals surface area contributed by atoms with Gasteiger partial charge in [0.25, 0.3) is 5.91 Å². The molecule has 0 bridgehead atoms. The molecule has 9 heteroatoms. The van der Waals surface area contributed by atoms with E-state index in [1.54, 1.807) is 20.7 Å². The van der Waals surface area contributed by atoms with Crippen molar-refractivity contribution in [3.8, 4) is 0 Å². The molecule has 2 saturated heterocycles. The molecular formula is C17H26N6O3. The Morgan fingerprint density at radius 3 is 2.54 bits per heavy atom. The highest BCUT2D eigenvalue weighted by atomic mass is 16.5. The number of urea groups is 1. The Balaban J connectivity index is 1.27. The van der Waals surface area contributed by atoms with E-state index in [-0.39, 0.29) is 18.0 Å². The van der Waals surface area contributed by atoms with E-state index < -0.39 is 0 Å². The molecule has 142 valence electrons. The third kappa shape index (κ3) is 3.67. The number of hydrogen-bond acceptors (Lipinski definition) is 5. The van der Waals surface area contributed by atoms with Crippen molar-refractivity contribution in [3.05, 3.63) is 11.9 Å². The number of carbonyl (C=O) groups is 2. The van der Waals surface area contributed by atoms with Crippen molar-refractivity contribution in [1.29, 1.82) is 0 Å². The van der Waals surface area contributed by atoms with Crippen molar-refractivity contribution in [3.63, 3.8) is 0 Å². The molecule has 26 heavy (non-hydrogen) atoms. The zero-order valence-corrected chi connectivity index (χ0v) is 15.0. The maximum atomic E-state index is 12.4. The van der Waals surface area contributed by atoms with Crippen molar-refractivity contribution in [2.75, 3.05) is 39.4 Å². The van der Waals surface area contributed by atoms with Crippen molar-refractivity contribution in [2.24, 2.45) is 0 Å². The SMILES string of the molecule is O=C(NC1CCCCC1)N1CC(n2cc(C(=O)N3CCOCC3)nn2)C1. The van der Waals surface area contributed by atoms with Crippen LogP contribution in [0.3, 0.4) is 0 Å². The standard InChI is InChI=1S/C17H26N6O3/c24-16(21-6-8-26-9-7-21)15-12-23(20-19-15)14-10-22(11-14)17(25)18-13-4-2-1-3-5-13/h12-14H,1-11H2,(H,18,25). The molecule has 2 aliphatic heterocycles. The van der Waals surface area contributed by atoms with E-state index in [2.05, 4.69) is 15.6 Å². The second-order valence-electron chi connectivity index (χ2n) is 7.33. The van der Waals surface area contributed by atoms with Crippen LogP contribution in [0, 0.1) is 0 Å². The van der Waals surface area contributed by atoms with E-state index in [0.717, 1.165) is 12.8 Å². The smallest absolute Gasteiger partial charge is 0.317 e. The number of morpholine rings is 1. The first kappa shape index (κ1) is 17.3. The molecule has 9 nitrogen and oxygen atoms in total. The summed E-state index contributed by atoms with van der Waals surface area (Å²) in [4.78, 5) is 28.2. The first-order valence-electron chi connectivity index (χ1n) is 9.55. The Hall–Kier alpha value is -2.16. The van der Waals surface area contributed by atoms with Gasteiger partial charge in [0.05, 0.1) is 25.5 Å². The molecule has 1 aromatic heterocycles. The van der Waals surface area contributed by atoms with Crippen molar-refractivity contribution in [1.82, 2.24) is 30.1 Å². The molecule has 0 unspecified atom stereocenters. The van der Waals surface area contributed by atoms with Crippen LogP contribution < -0.4 is 5.32 Å². The van der Waals surface area contributed by atoms with Crippen LogP contribution >= 0.6 is 0 Å². The van der Waals surface area contributed by atoms with E-state index in [1.165, 1.54) is 19.3 Å². The number of likely N-dealkylation sites (tertiary alicyclic amines) is 1. The highest BCUT2D eigenvalue weighted by molar-refractivity contribution is 5.92. The third-order valence-corrected chi connectivity index (χ3v) is 5.48. The molecule has 1 aromatic rings. The number of aromatic nitrogens is 3. The maximum absolute atomic E-state index is 12.4. The maximum Gasteiger partial charge on any atom is 0.317 e. The van der Waals surface area contributed by atoms with Crippen LogP contribution in [-0.4, -0.2) is 82.2 Å². The minimum Gasteiger partial charge on any atom is -0.378 e. The molecule has 3 aliphatic rings. The molecule has 0 aromatic carbocycles. The summed E-state index contributed by atoms with van der Waals surface area (Å²) >= 11 is 0. The Bertz CT molecular complexity index is 645. The number of rotatable bonds is 3. The van der Waals surface area contributed by atoms with Crippen LogP contribution in [0.15, 0.2) is 6.20 Å². The summed E-state index contributed by atoms with van der Waals surface area (Å²) in [6.07, 6.45) is 7.53. The minimum absolute atomic E-state index is 0.0119. The summed E-state index contributed by atoms with van der Waals surface area (Å²) < 4.78 is 6.97. The Morgan fingerprint density at radius 2 is 1.81 bits per heavy atom. The van der Waals surface area contributed by atoms with Gasteiger partial charge in [0.15, 0.2) is 5.69 Å². The summed E-state index contributed by atoms with van der Waals surface area (Å²) in [6, 6.07) is 0.420. The highest BCUT2D eigenvalue weighted by Gasteiger charge is 2.34.